The van der Waals surface area contributed by atoms with E-state index in [0.717, 1.165) is 17.0 Å². The van der Waals surface area contributed by atoms with Crippen molar-refractivity contribution in [2.75, 3.05) is 20.2 Å². The van der Waals surface area contributed by atoms with Crippen LogP contribution in [0.25, 0.3) is 0 Å². The van der Waals surface area contributed by atoms with Crippen molar-refractivity contribution in [1.82, 2.24) is 19.6 Å². The zero-order chi connectivity index (χ0) is 18.0. The molecule has 1 aliphatic heterocycles. The fourth-order valence-electron chi connectivity index (χ4n) is 2.99. The lowest BCUT2D eigenvalue weighted by Crippen LogP contribution is -2.40. The third-order valence-corrected chi connectivity index (χ3v) is 4.39. The van der Waals surface area contributed by atoms with Crippen LogP contribution >= 0.6 is 0 Å². The number of likely N-dealkylation sites (N-methyl/N-ethyl adjacent to an activating group) is 1. The number of rotatable bonds is 5. The van der Waals surface area contributed by atoms with Gasteiger partial charge in [0, 0.05) is 14.1 Å². The van der Waals surface area contributed by atoms with E-state index in [1.54, 1.807) is 16.6 Å². The van der Waals surface area contributed by atoms with Gasteiger partial charge in [-0.2, -0.15) is 5.10 Å². The minimum atomic E-state index is -0.452. The van der Waals surface area contributed by atoms with Crippen molar-refractivity contribution in [3.05, 3.63) is 53.3 Å². The van der Waals surface area contributed by atoms with Crippen LogP contribution in [-0.4, -0.2) is 51.8 Å². The van der Waals surface area contributed by atoms with Gasteiger partial charge in [-0.3, -0.25) is 14.4 Å². The molecule has 2 heterocycles. The first kappa shape index (κ1) is 17.0. The summed E-state index contributed by atoms with van der Waals surface area (Å²) in [4.78, 5) is 27.7. The number of ether oxygens (including phenoxy) is 1. The summed E-state index contributed by atoms with van der Waals surface area (Å²) in [7, 11) is 3.58. The number of aromatic nitrogens is 2. The first-order valence-corrected chi connectivity index (χ1v) is 8.17. The number of hydrogen-bond acceptors (Lipinski definition) is 4. The van der Waals surface area contributed by atoms with E-state index in [1.165, 1.54) is 4.90 Å². The van der Waals surface area contributed by atoms with Gasteiger partial charge in [-0.05, 0) is 18.6 Å². The van der Waals surface area contributed by atoms with Gasteiger partial charge in [0.15, 0.2) is 0 Å². The zero-order valence-corrected chi connectivity index (χ0v) is 14.7. The van der Waals surface area contributed by atoms with Crippen molar-refractivity contribution in [2.45, 2.75) is 19.5 Å². The molecule has 0 radical (unpaired) electrons. The van der Waals surface area contributed by atoms with E-state index in [-0.39, 0.29) is 25.1 Å². The van der Waals surface area contributed by atoms with Crippen LogP contribution in [0, 0.1) is 6.92 Å². The monoisotopic (exact) mass is 342 g/mol. The van der Waals surface area contributed by atoms with Gasteiger partial charge in [-0.25, -0.2) is 4.79 Å². The number of hydrogen-bond donors (Lipinski definition) is 0. The predicted octanol–water partition coefficient (Wildman–Crippen LogP) is 1.88. The third kappa shape index (κ3) is 3.65. The van der Waals surface area contributed by atoms with Gasteiger partial charge < -0.3 is 9.64 Å². The maximum Gasteiger partial charge on any atom is 0.410 e. The zero-order valence-electron chi connectivity index (χ0n) is 14.7. The lowest BCUT2D eigenvalue weighted by Gasteiger charge is -2.24. The van der Waals surface area contributed by atoms with Crippen molar-refractivity contribution in [2.24, 2.45) is 7.05 Å². The standard InChI is InChI=1S/C18H22N4O3/c1-13-9-15(21(3)19-13)10-20(2)17(23)11-22-16(12-25-18(22)24)14-7-5-4-6-8-14/h4-9,16H,10-12H2,1-3H3/t16-/m1/s1. The Hall–Kier alpha value is -2.83. The third-order valence-electron chi connectivity index (χ3n) is 4.39. The molecule has 0 aliphatic carbocycles. The van der Waals surface area contributed by atoms with E-state index in [2.05, 4.69) is 5.10 Å². The number of benzene rings is 1. The molecular weight excluding hydrogens is 320 g/mol. The summed E-state index contributed by atoms with van der Waals surface area (Å²) in [5.41, 5.74) is 2.81. The second-order valence-corrected chi connectivity index (χ2v) is 6.28. The molecule has 1 saturated heterocycles. The van der Waals surface area contributed by atoms with Crippen LogP contribution in [0.3, 0.4) is 0 Å². The summed E-state index contributed by atoms with van der Waals surface area (Å²) in [6.45, 7) is 2.61. The van der Waals surface area contributed by atoms with Crippen LogP contribution in [0.1, 0.15) is 23.0 Å². The largest absolute Gasteiger partial charge is 0.447 e. The van der Waals surface area contributed by atoms with E-state index in [9.17, 15) is 9.59 Å². The average molecular weight is 342 g/mol. The van der Waals surface area contributed by atoms with Crippen molar-refractivity contribution in [1.29, 1.82) is 0 Å². The molecule has 2 amide bonds. The van der Waals surface area contributed by atoms with Gasteiger partial charge in [-0.15, -0.1) is 0 Å². The Morgan fingerprint density at radius 3 is 2.72 bits per heavy atom. The van der Waals surface area contributed by atoms with E-state index in [0.29, 0.717) is 6.54 Å². The first-order valence-electron chi connectivity index (χ1n) is 8.17. The highest BCUT2D eigenvalue weighted by atomic mass is 16.6. The number of amides is 2. The Morgan fingerprint density at radius 1 is 1.36 bits per heavy atom. The molecule has 7 heteroatoms. The second kappa shape index (κ2) is 6.96. The van der Waals surface area contributed by atoms with Crippen molar-refractivity contribution < 1.29 is 14.3 Å². The van der Waals surface area contributed by atoms with Crippen molar-refractivity contribution in [3.8, 4) is 0 Å². The fraction of sp³-hybridized carbons (Fsp3) is 0.389. The molecule has 3 rings (SSSR count). The minimum absolute atomic E-state index is 0.00821. The maximum absolute atomic E-state index is 12.6. The Labute approximate surface area is 146 Å². The molecule has 1 atom stereocenters. The van der Waals surface area contributed by atoms with Gasteiger partial charge in [0.1, 0.15) is 13.2 Å². The van der Waals surface area contributed by atoms with Crippen LogP contribution < -0.4 is 0 Å². The Balaban J connectivity index is 1.68. The van der Waals surface area contributed by atoms with E-state index >= 15 is 0 Å². The molecule has 0 unspecified atom stereocenters. The SMILES string of the molecule is Cc1cc(CN(C)C(=O)CN2C(=O)OC[C@@H]2c2ccccc2)n(C)n1. The van der Waals surface area contributed by atoms with E-state index in [4.69, 9.17) is 4.74 Å². The Kier molecular flexibility index (Phi) is 4.74. The molecule has 1 aromatic carbocycles. The van der Waals surface area contributed by atoms with Crippen LogP contribution in [0.2, 0.25) is 0 Å². The highest BCUT2D eigenvalue weighted by molar-refractivity contribution is 5.83. The minimum Gasteiger partial charge on any atom is -0.447 e. The van der Waals surface area contributed by atoms with Crippen LogP contribution in [0.4, 0.5) is 4.79 Å². The number of nitrogens with zero attached hydrogens (tertiary/aromatic N) is 4. The number of cyclic esters (lactones) is 1. The van der Waals surface area contributed by atoms with Crippen LogP contribution in [0.15, 0.2) is 36.4 Å². The van der Waals surface area contributed by atoms with Gasteiger partial charge in [0.25, 0.3) is 0 Å². The molecule has 0 N–H and O–H groups in total. The van der Waals surface area contributed by atoms with E-state index in [1.807, 2.05) is 50.4 Å². The Bertz CT molecular complexity index is 772. The molecule has 25 heavy (non-hydrogen) atoms. The molecule has 0 spiro atoms. The van der Waals surface area contributed by atoms with Crippen molar-refractivity contribution in [3.63, 3.8) is 0 Å². The molecule has 7 nitrogen and oxygen atoms in total. The molecule has 0 bridgehead atoms. The molecule has 1 aliphatic rings. The maximum atomic E-state index is 12.6. The summed E-state index contributed by atoms with van der Waals surface area (Å²) in [5, 5.41) is 4.28. The summed E-state index contributed by atoms with van der Waals surface area (Å²) >= 11 is 0. The molecule has 0 saturated carbocycles. The molecule has 132 valence electrons. The summed E-state index contributed by atoms with van der Waals surface area (Å²) in [6.07, 6.45) is -0.452. The topological polar surface area (TPSA) is 67.7 Å². The first-order chi connectivity index (χ1) is 12.0. The van der Waals surface area contributed by atoms with Gasteiger partial charge in [0.2, 0.25) is 5.91 Å². The number of carbonyl (C=O) groups excluding carboxylic acids is 2. The second-order valence-electron chi connectivity index (χ2n) is 6.28. The van der Waals surface area contributed by atoms with E-state index < -0.39 is 6.09 Å². The van der Waals surface area contributed by atoms with Gasteiger partial charge >= 0.3 is 6.09 Å². The van der Waals surface area contributed by atoms with Crippen LogP contribution in [0.5, 0.6) is 0 Å². The predicted molar refractivity (Wildman–Crippen MR) is 91.7 cm³/mol. The highest BCUT2D eigenvalue weighted by Crippen LogP contribution is 2.27. The number of carbonyl (C=O) groups is 2. The molecular formula is C18H22N4O3. The number of aryl methyl sites for hydroxylation is 2. The summed E-state index contributed by atoms with van der Waals surface area (Å²) in [6, 6.07) is 11.3. The smallest absolute Gasteiger partial charge is 0.410 e. The van der Waals surface area contributed by atoms with Crippen LogP contribution in [-0.2, 0) is 23.1 Å². The summed E-state index contributed by atoms with van der Waals surface area (Å²) in [5.74, 6) is -0.140. The Morgan fingerprint density at radius 2 is 2.08 bits per heavy atom. The molecule has 1 aromatic heterocycles. The molecule has 2 aromatic rings. The van der Waals surface area contributed by atoms with Gasteiger partial charge in [0.05, 0.1) is 24.0 Å². The lowest BCUT2D eigenvalue weighted by atomic mass is 10.1. The normalized spacial score (nSPS) is 16.8. The fourth-order valence-corrected chi connectivity index (χ4v) is 2.99. The average Bonchev–Trinajstić information content (AvgIpc) is 3.10. The highest BCUT2D eigenvalue weighted by Gasteiger charge is 2.35. The quantitative estimate of drug-likeness (QED) is 0.832. The summed E-state index contributed by atoms with van der Waals surface area (Å²) < 4.78 is 6.92. The van der Waals surface area contributed by atoms with Crippen molar-refractivity contribution >= 4 is 12.0 Å². The lowest BCUT2D eigenvalue weighted by molar-refractivity contribution is -0.131. The van der Waals surface area contributed by atoms with Gasteiger partial charge in [-0.1, -0.05) is 30.3 Å². The molecule has 1 fully saturated rings.